The van der Waals surface area contributed by atoms with Crippen molar-refractivity contribution in [1.29, 1.82) is 0 Å². The second-order valence-electron chi connectivity index (χ2n) is 8.84. The Hall–Kier alpha value is -3.50. The fourth-order valence-corrected chi connectivity index (χ4v) is 4.67. The van der Waals surface area contributed by atoms with Gasteiger partial charge in [-0.05, 0) is 37.8 Å². The number of fused-ring (bicyclic) bond motifs is 1. The van der Waals surface area contributed by atoms with Crippen molar-refractivity contribution in [3.8, 4) is 17.0 Å². The van der Waals surface area contributed by atoms with Crippen molar-refractivity contribution in [1.82, 2.24) is 24.5 Å². The van der Waals surface area contributed by atoms with Gasteiger partial charge in [-0.1, -0.05) is 12.1 Å². The molecule has 184 valence electrons. The molecule has 3 N–H and O–H groups in total. The number of anilines is 1. The molecule has 0 atom stereocenters. The average Bonchev–Trinajstić information content (AvgIpc) is 3.51. The van der Waals surface area contributed by atoms with Crippen molar-refractivity contribution < 1.29 is 19.3 Å². The third-order valence-electron chi connectivity index (χ3n) is 6.64. The highest BCUT2D eigenvalue weighted by molar-refractivity contribution is 5.93. The van der Waals surface area contributed by atoms with Crippen LogP contribution in [0.25, 0.3) is 22.2 Å². The zero-order valence-electron chi connectivity index (χ0n) is 19.5. The number of hydrogen-bond donors (Lipinski definition) is 3. The largest absolute Gasteiger partial charge is 0.487 e. The van der Waals surface area contributed by atoms with Crippen LogP contribution in [0, 0.1) is 5.82 Å². The van der Waals surface area contributed by atoms with Gasteiger partial charge in [0, 0.05) is 36.5 Å². The normalized spacial score (nSPS) is 18.3. The maximum absolute atomic E-state index is 14.0. The number of ether oxygens (including phenoxy) is 1. The number of aliphatic hydroxyl groups is 2. The van der Waals surface area contributed by atoms with Gasteiger partial charge in [0.2, 0.25) is 0 Å². The summed E-state index contributed by atoms with van der Waals surface area (Å²) in [6.45, 7) is -0.420. The number of rotatable bonds is 8. The van der Waals surface area contributed by atoms with Crippen LogP contribution in [0.1, 0.15) is 37.8 Å². The number of pyridine rings is 1. The van der Waals surface area contributed by atoms with E-state index in [-0.39, 0.29) is 31.2 Å². The third-order valence-corrected chi connectivity index (χ3v) is 6.64. The van der Waals surface area contributed by atoms with Gasteiger partial charge in [-0.3, -0.25) is 9.36 Å². The van der Waals surface area contributed by atoms with E-state index >= 15 is 0 Å². The predicted molar refractivity (Wildman–Crippen MR) is 130 cm³/mol. The number of nitrogens with zero attached hydrogens (tertiary/aromatic N) is 5. The Morgan fingerprint density at radius 2 is 1.91 bits per heavy atom. The number of aliphatic hydroxyl groups excluding tert-OH is 2. The van der Waals surface area contributed by atoms with Crippen molar-refractivity contribution >= 4 is 16.7 Å². The second kappa shape index (κ2) is 10.0. The lowest BCUT2D eigenvalue weighted by Crippen LogP contribution is -2.26. The Bertz CT molecular complexity index is 1290. The van der Waals surface area contributed by atoms with Crippen LogP contribution in [0.3, 0.4) is 0 Å². The smallest absolute Gasteiger partial charge is 0.165 e. The summed E-state index contributed by atoms with van der Waals surface area (Å²) in [5.41, 5.74) is 2.50. The van der Waals surface area contributed by atoms with Gasteiger partial charge in [0.05, 0.1) is 43.1 Å². The SMILES string of the molecule is CNc1cc2c(cn1)c(-c1cnn(C(CO)CO)c1)nn2[C@H]1CC[C@@H](Oc2ccccc2F)CC1. The van der Waals surface area contributed by atoms with Crippen LogP contribution < -0.4 is 10.1 Å². The predicted octanol–water partition coefficient (Wildman–Crippen LogP) is 3.56. The molecule has 1 aliphatic rings. The van der Waals surface area contributed by atoms with Crippen LogP contribution in [0.15, 0.2) is 48.9 Å². The molecule has 9 nitrogen and oxygen atoms in total. The first-order chi connectivity index (χ1) is 17.1. The minimum absolute atomic E-state index is 0.0360. The van der Waals surface area contributed by atoms with E-state index < -0.39 is 6.04 Å². The first kappa shape index (κ1) is 23.3. The summed E-state index contributed by atoms with van der Waals surface area (Å²) in [4.78, 5) is 4.48. The van der Waals surface area contributed by atoms with Crippen molar-refractivity contribution in [3.05, 3.63) is 54.7 Å². The molecule has 0 radical (unpaired) electrons. The minimum Gasteiger partial charge on any atom is -0.487 e. The molecule has 4 aromatic rings. The van der Waals surface area contributed by atoms with E-state index in [2.05, 4.69) is 20.1 Å². The summed E-state index contributed by atoms with van der Waals surface area (Å²) >= 11 is 0. The Kier molecular flexibility index (Phi) is 6.65. The number of hydrogen-bond acceptors (Lipinski definition) is 7. The van der Waals surface area contributed by atoms with Gasteiger partial charge < -0.3 is 20.3 Å². The van der Waals surface area contributed by atoms with Gasteiger partial charge >= 0.3 is 0 Å². The van der Waals surface area contributed by atoms with Gasteiger partial charge in [-0.25, -0.2) is 9.37 Å². The van der Waals surface area contributed by atoms with E-state index in [1.807, 2.05) is 13.1 Å². The van der Waals surface area contributed by atoms with Crippen molar-refractivity contribution in [2.45, 2.75) is 43.9 Å². The van der Waals surface area contributed by atoms with E-state index in [9.17, 15) is 14.6 Å². The van der Waals surface area contributed by atoms with Crippen LogP contribution in [0.5, 0.6) is 5.75 Å². The Balaban J connectivity index is 1.42. The fraction of sp³-hybridized carbons (Fsp3) is 0.400. The molecule has 10 heteroatoms. The molecule has 1 aromatic carbocycles. The molecular formula is C25H29FN6O3. The number of para-hydroxylation sites is 1. The quantitative estimate of drug-likeness (QED) is 0.354. The van der Waals surface area contributed by atoms with E-state index in [4.69, 9.17) is 9.84 Å². The Labute approximate surface area is 202 Å². The first-order valence-electron chi connectivity index (χ1n) is 11.8. The molecule has 0 unspecified atom stereocenters. The summed E-state index contributed by atoms with van der Waals surface area (Å²) < 4.78 is 23.6. The maximum atomic E-state index is 14.0. The number of halogens is 1. The van der Waals surface area contributed by atoms with E-state index in [0.29, 0.717) is 5.75 Å². The van der Waals surface area contributed by atoms with Gasteiger partial charge in [0.1, 0.15) is 11.5 Å². The molecular weight excluding hydrogens is 451 g/mol. The summed E-state index contributed by atoms with van der Waals surface area (Å²) in [7, 11) is 1.83. The van der Waals surface area contributed by atoms with Crippen LogP contribution in [0.2, 0.25) is 0 Å². The fourth-order valence-electron chi connectivity index (χ4n) is 4.67. The minimum atomic E-state index is -0.504. The molecule has 0 amide bonds. The molecule has 0 bridgehead atoms. The van der Waals surface area contributed by atoms with Crippen molar-refractivity contribution in [3.63, 3.8) is 0 Å². The molecule has 1 aliphatic carbocycles. The molecule has 35 heavy (non-hydrogen) atoms. The van der Waals surface area contributed by atoms with E-state index in [0.717, 1.165) is 53.7 Å². The van der Waals surface area contributed by atoms with E-state index in [1.54, 1.807) is 41.5 Å². The first-order valence-corrected chi connectivity index (χ1v) is 11.8. The van der Waals surface area contributed by atoms with Gasteiger partial charge in [0.25, 0.3) is 0 Å². The topological polar surface area (TPSA) is 110 Å². The summed E-state index contributed by atoms with van der Waals surface area (Å²) in [6, 6.07) is 8.16. The van der Waals surface area contributed by atoms with Crippen molar-refractivity contribution in [2.24, 2.45) is 0 Å². The summed E-state index contributed by atoms with van der Waals surface area (Å²) in [6.07, 6.45) is 8.54. The Morgan fingerprint density at radius 3 is 2.63 bits per heavy atom. The molecule has 3 heterocycles. The highest BCUT2D eigenvalue weighted by atomic mass is 19.1. The van der Waals surface area contributed by atoms with Crippen LogP contribution in [-0.2, 0) is 0 Å². The third kappa shape index (κ3) is 4.59. The summed E-state index contributed by atoms with van der Waals surface area (Å²) in [5, 5.41) is 32.3. The molecule has 5 rings (SSSR count). The molecule has 3 aromatic heterocycles. The number of aromatic nitrogens is 5. The summed E-state index contributed by atoms with van der Waals surface area (Å²) in [5.74, 6) is 0.710. The van der Waals surface area contributed by atoms with Crippen LogP contribution in [-0.4, -0.2) is 61.1 Å². The average molecular weight is 481 g/mol. The second-order valence-corrected chi connectivity index (χ2v) is 8.84. The van der Waals surface area contributed by atoms with Crippen molar-refractivity contribution in [2.75, 3.05) is 25.6 Å². The van der Waals surface area contributed by atoms with Crippen LogP contribution >= 0.6 is 0 Å². The lowest BCUT2D eigenvalue weighted by molar-refractivity contribution is 0.126. The van der Waals surface area contributed by atoms with Gasteiger partial charge in [-0.15, -0.1) is 0 Å². The molecule has 0 aliphatic heterocycles. The zero-order chi connectivity index (χ0) is 24.4. The van der Waals surface area contributed by atoms with Gasteiger partial charge in [-0.2, -0.15) is 10.2 Å². The number of benzene rings is 1. The lowest BCUT2D eigenvalue weighted by atomic mass is 9.93. The molecule has 0 spiro atoms. The lowest BCUT2D eigenvalue weighted by Gasteiger charge is -2.29. The highest BCUT2D eigenvalue weighted by Gasteiger charge is 2.27. The highest BCUT2D eigenvalue weighted by Crippen LogP contribution is 2.36. The zero-order valence-corrected chi connectivity index (χ0v) is 19.5. The van der Waals surface area contributed by atoms with Crippen LogP contribution in [0.4, 0.5) is 10.2 Å². The number of nitrogens with one attached hydrogen (secondary N) is 1. The van der Waals surface area contributed by atoms with E-state index in [1.165, 1.54) is 6.07 Å². The molecule has 1 fully saturated rings. The molecule has 1 saturated carbocycles. The standard InChI is InChI=1S/C25H29FN6O3/c1-27-24-10-22-20(12-28-24)25(16-11-29-31(13-16)18(14-33)15-34)30-32(22)17-6-8-19(9-7-17)35-23-5-3-2-4-21(23)26/h2-5,10-13,17-19,33-34H,6-9,14-15H2,1H3,(H,27,28)/t17-,19+. The molecule has 0 saturated heterocycles. The van der Waals surface area contributed by atoms with Gasteiger partial charge in [0.15, 0.2) is 11.6 Å². The maximum Gasteiger partial charge on any atom is 0.165 e. The Morgan fingerprint density at radius 1 is 1.14 bits per heavy atom. The monoisotopic (exact) mass is 480 g/mol.